The summed E-state index contributed by atoms with van der Waals surface area (Å²) < 4.78 is 34.4. The van der Waals surface area contributed by atoms with Gasteiger partial charge in [-0.2, -0.15) is 8.78 Å². The first-order valence-corrected chi connectivity index (χ1v) is 8.63. The monoisotopic (exact) mass is 379 g/mol. The minimum Gasteiger partial charge on any atom is -0.494 e. The lowest BCUT2D eigenvalue weighted by molar-refractivity contribution is -0.0498. The van der Waals surface area contributed by atoms with E-state index in [-0.39, 0.29) is 24.7 Å². The van der Waals surface area contributed by atoms with Crippen LogP contribution < -0.4 is 9.47 Å². The number of rotatable bonds is 9. The summed E-state index contributed by atoms with van der Waals surface area (Å²) in [6.45, 7) is 1.40. The molecule has 0 fully saturated rings. The molecule has 2 aromatic carbocycles. The molecular weight excluding hydrogens is 356 g/mol. The minimum atomic E-state index is -2.92. The molecule has 0 unspecified atom stereocenters. The number of halogens is 2. The molecule has 146 valence electrons. The molecule has 2 rings (SSSR count). The number of hydrogen-bond acceptors (Lipinski definition) is 4. The molecule has 5 nitrogen and oxygen atoms in total. The highest BCUT2D eigenvalue weighted by atomic mass is 19.3. The Bertz CT molecular complexity index is 735. The maximum Gasteiger partial charge on any atom is 0.387 e. The van der Waals surface area contributed by atoms with E-state index in [9.17, 15) is 18.7 Å². The van der Waals surface area contributed by atoms with Crippen LogP contribution in [-0.4, -0.2) is 41.8 Å². The van der Waals surface area contributed by atoms with Crippen molar-refractivity contribution in [2.75, 3.05) is 13.2 Å². The molecular formula is C20H23F2NO4. The summed E-state index contributed by atoms with van der Waals surface area (Å²) in [5, 5.41) is 9.78. The number of para-hydroxylation sites is 1. The van der Waals surface area contributed by atoms with Crippen molar-refractivity contribution in [3.8, 4) is 11.5 Å². The van der Waals surface area contributed by atoms with Crippen LogP contribution in [0.25, 0.3) is 0 Å². The third kappa shape index (κ3) is 6.21. The van der Waals surface area contributed by atoms with E-state index in [2.05, 4.69) is 4.74 Å². The van der Waals surface area contributed by atoms with Gasteiger partial charge in [-0.05, 0) is 44.2 Å². The molecule has 0 aliphatic carbocycles. The molecule has 1 N–H and O–H groups in total. The van der Waals surface area contributed by atoms with E-state index in [1.54, 1.807) is 6.92 Å². The summed E-state index contributed by atoms with van der Waals surface area (Å²) in [5.41, 5.74) is 1.12. The van der Waals surface area contributed by atoms with Gasteiger partial charge < -0.3 is 19.5 Å². The van der Waals surface area contributed by atoms with Crippen LogP contribution in [0.4, 0.5) is 8.78 Å². The predicted molar refractivity (Wildman–Crippen MR) is 97.1 cm³/mol. The molecule has 0 aliphatic heterocycles. The van der Waals surface area contributed by atoms with Gasteiger partial charge in [-0.1, -0.05) is 18.2 Å². The quantitative estimate of drug-likeness (QED) is 0.722. The summed E-state index contributed by atoms with van der Waals surface area (Å²) in [6, 6.07) is 12.8. The van der Waals surface area contributed by atoms with E-state index >= 15 is 0 Å². The van der Waals surface area contributed by atoms with E-state index in [1.165, 1.54) is 29.2 Å². The van der Waals surface area contributed by atoms with E-state index in [0.717, 1.165) is 5.56 Å². The van der Waals surface area contributed by atoms with Crippen LogP contribution in [0.15, 0.2) is 48.5 Å². The second-order valence-electron chi connectivity index (χ2n) is 5.98. The number of benzene rings is 2. The zero-order chi connectivity index (χ0) is 19.8. The van der Waals surface area contributed by atoms with Crippen LogP contribution in [0.2, 0.25) is 0 Å². The summed E-state index contributed by atoms with van der Waals surface area (Å²) in [6.07, 6.45) is -0.727. The molecule has 0 spiro atoms. The standard InChI is InChI=1S/C20H23F2NO4/c1-3-26-18-7-5-4-6-16(18)13-23(12-14(2)24)19(25)15-8-10-17(11-9-15)27-20(21)22/h4-11,14,20,24H,3,12-13H2,1-2H3/t14-/m1/s1. The number of carbonyl (C=O) groups excluding carboxylic acids is 1. The molecule has 1 atom stereocenters. The Balaban J connectivity index is 2.21. The largest absolute Gasteiger partial charge is 0.494 e. The molecule has 7 heteroatoms. The first-order valence-electron chi connectivity index (χ1n) is 8.63. The second-order valence-corrected chi connectivity index (χ2v) is 5.98. The van der Waals surface area contributed by atoms with Crippen molar-refractivity contribution in [1.82, 2.24) is 4.90 Å². The van der Waals surface area contributed by atoms with Crippen LogP contribution in [0.1, 0.15) is 29.8 Å². The SMILES string of the molecule is CCOc1ccccc1CN(C[C@@H](C)O)C(=O)c1ccc(OC(F)F)cc1. The maximum absolute atomic E-state index is 12.9. The van der Waals surface area contributed by atoms with Gasteiger partial charge in [-0.25, -0.2) is 0 Å². The van der Waals surface area contributed by atoms with Crippen molar-refractivity contribution in [3.05, 3.63) is 59.7 Å². The average Bonchev–Trinajstić information content (AvgIpc) is 2.62. The number of ether oxygens (including phenoxy) is 2. The zero-order valence-electron chi connectivity index (χ0n) is 15.3. The Kier molecular flexibility index (Phi) is 7.55. The topological polar surface area (TPSA) is 59.0 Å². The van der Waals surface area contributed by atoms with Gasteiger partial charge in [0.2, 0.25) is 0 Å². The lowest BCUT2D eigenvalue weighted by atomic mass is 10.1. The maximum atomic E-state index is 12.9. The Hall–Kier alpha value is -2.67. The number of aliphatic hydroxyl groups is 1. The molecule has 0 aromatic heterocycles. The molecule has 0 bridgehead atoms. The van der Waals surface area contributed by atoms with Gasteiger partial charge in [0.25, 0.3) is 5.91 Å². The number of alkyl halides is 2. The van der Waals surface area contributed by atoms with E-state index < -0.39 is 12.7 Å². The van der Waals surface area contributed by atoms with Gasteiger partial charge in [0.1, 0.15) is 11.5 Å². The van der Waals surface area contributed by atoms with E-state index in [0.29, 0.717) is 17.9 Å². The van der Waals surface area contributed by atoms with Crippen LogP contribution >= 0.6 is 0 Å². The van der Waals surface area contributed by atoms with Gasteiger partial charge in [-0.3, -0.25) is 4.79 Å². The fraction of sp³-hybridized carbons (Fsp3) is 0.350. The van der Waals surface area contributed by atoms with Crippen LogP contribution in [-0.2, 0) is 6.54 Å². The van der Waals surface area contributed by atoms with Crippen molar-refractivity contribution >= 4 is 5.91 Å². The van der Waals surface area contributed by atoms with Crippen molar-refractivity contribution in [2.24, 2.45) is 0 Å². The zero-order valence-corrected chi connectivity index (χ0v) is 15.3. The molecule has 2 aromatic rings. The van der Waals surface area contributed by atoms with Gasteiger partial charge >= 0.3 is 6.61 Å². The number of amides is 1. The molecule has 0 heterocycles. The third-order valence-corrected chi connectivity index (χ3v) is 3.73. The van der Waals surface area contributed by atoms with Crippen LogP contribution in [0.3, 0.4) is 0 Å². The number of hydrogen-bond donors (Lipinski definition) is 1. The van der Waals surface area contributed by atoms with E-state index in [1.807, 2.05) is 31.2 Å². The lowest BCUT2D eigenvalue weighted by Gasteiger charge is -2.25. The average molecular weight is 379 g/mol. The highest BCUT2D eigenvalue weighted by Crippen LogP contribution is 2.22. The highest BCUT2D eigenvalue weighted by molar-refractivity contribution is 5.94. The Labute approximate surface area is 157 Å². The first-order chi connectivity index (χ1) is 12.9. The molecule has 0 radical (unpaired) electrons. The predicted octanol–water partition coefficient (Wildman–Crippen LogP) is 3.71. The molecule has 0 saturated carbocycles. The molecule has 0 aliphatic rings. The Morgan fingerprint density at radius 2 is 1.81 bits per heavy atom. The fourth-order valence-electron chi connectivity index (χ4n) is 2.64. The van der Waals surface area contributed by atoms with Crippen molar-refractivity contribution in [1.29, 1.82) is 0 Å². The third-order valence-electron chi connectivity index (χ3n) is 3.73. The summed E-state index contributed by atoms with van der Waals surface area (Å²) in [4.78, 5) is 14.4. The normalized spacial score (nSPS) is 11.9. The molecule has 1 amide bonds. The minimum absolute atomic E-state index is 0.0229. The van der Waals surface area contributed by atoms with Crippen molar-refractivity contribution in [2.45, 2.75) is 33.1 Å². The Morgan fingerprint density at radius 1 is 1.15 bits per heavy atom. The second kappa shape index (κ2) is 9.87. The number of nitrogens with zero attached hydrogens (tertiary/aromatic N) is 1. The van der Waals surface area contributed by atoms with Gasteiger partial charge in [-0.15, -0.1) is 0 Å². The fourth-order valence-corrected chi connectivity index (χ4v) is 2.64. The van der Waals surface area contributed by atoms with Gasteiger partial charge in [0.15, 0.2) is 0 Å². The Morgan fingerprint density at radius 3 is 2.41 bits per heavy atom. The van der Waals surface area contributed by atoms with Crippen LogP contribution in [0.5, 0.6) is 11.5 Å². The summed E-state index contributed by atoms with van der Waals surface area (Å²) in [7, 11) is 0. The van der Waals surface area contributed by atoms with E-state index in [4.69, 9.17) is 4.74 Å². The number of aliphatic hydroxyl groups excluding tert-OH is 1. The van der Waals surface area contributed by atoms with Gasteiger partial charge in [0, 0.05) is 24.2 Å². The number of carbonyl (C=O) groups is 1. The molecule has 27 heavy (non-hydrogen) atoms. The van der Waals surface area contributed by atoms with Crippen molar-refractivity contribution < 1.29 is 28.2 Å². The smallest absolute Gasteiger partial charge is 0.387 e. The first kappa shape index (κ1) is 20.6. The lowest BCUT2D eigenvalue weighted by Crippen LogP contribution is -2.36. The summed E-state index contributed by atoms with van der Waals surface area (Å²) >= 11 is 0. The highest BCUT2D eigenvalue weighted by Gasteiger charge is 2.20. The van der Waals surface area contributed by atoms with Crippen molar-refractivity contribution in [3.63, 3.8) is 0 Å². The van der Waals surface area contributed by atoms with Gasteiger partial charge in [0.05, 0.1) is 12.7 Å². The molecule has 0 saturated heterocycles. The summed E-state index contributed by atoms with van der Waals surface area (Å²) in [5.74, 6) is 0.320. The van der Waals surface area contributed by atoms with Crippen LogP contribution in [0, 0.1) is 0 Å².